The van der Waals surface area contributed by atoms with Crippen LogP contribution in [-0.4, -0.2) is 22.6 Å². The SMILES string of the molecule is Cc1ccc(NC(=O)NC(C)(C(=O)O)C2CC2)cc1Cl. The maximum absolute atomic E-state index is 11.9. The van der Waals surface area contributed by atoms with Crippen molar-refractivity contribution < 1.29 is 14.7 Å². The number of hydrogen-bond acceptors (Lipinski definition) is 2. The maximum atomic E-state index is 11.9. The number of anilines is 1. The van der Waals surface area contributed by atoms with Crippen molar-refractivity contribution in [2.75, 3.05) is 5.32 Å². The molecule has 1 unspecified atom stereocenters. The maximum Gasteiger partial charge on any atom is 0.329 e. The first-order valence-corrected chi connectivity index (χ1v) is 6.79. The van der Waals surface area contributed by atoms with E-state index in [-0.39, 0.29) is 5.92 Å². The molecule has 0 bridgehead atoms. The molecule has 1 aromatic rings. The van der Waals surface area contributed by atoms with E-state index in [2.05, 4.69) is 10.6 Å². The van der Waals surface area contributed by atoms with Crippen molar-refractivity contribution in [1.29, 1.82) is 0 Å². The first kappa shape index (κ1) is 14.7. The smallest absolute Gasteiger partial charge is 0.329 e. The second-order valence-electron chi connectivity index (χ2n) is 5.32. The molecule has 0 spiro atoms. The molecule has 1 saturated carbocycles. The second kappa shape index (κ2) is 5.32. The van der Waals surface area contributed by atoms with Gasteiger partial charge >= 0.3 is 12.0 Å². The number of carboxylic acids is 1. The Kier molecular flexibility index (Phi) is 3.90. The fourth-order valence-electron chi connectivity index (χ4n) is 2.06. The van der Waals surface area contributed by atoms with Crippen LogP contribution < -0.4 is 10.6 Å². The molecule has 20 heavy (non-hydrogen) atoms. The van der Waals surface area contributed by atoms with Crippen LogP contribution in [0.25, 0.3) is 0 Å². The largest absolute Gasteiger partial charge is 0.480 e. The molecule has 1 aliphatic carbocycles. The van der Waals surface area contributed by atoms with Gasteiger partial charge in [0.1, 0.15) is 5.54 Å². The number of carbonyl (C=O) groups excluding carboxylic acids is 1. The summed E-state index contributed by atoms with van der Waals surface area (Å²) in [6.07, 6.45) is 1.64. The molecular weight excluding hydrogens is 280 g/mol. The van der Waals surface area contributed by atoms with Gasteiger partial charge in [-0.1, -0.05) is 17.7 Å². The number of aliphatic carboxylic acids is 1. The zero-order valence-electron chi connectivity index (χ0n) is 11.4. The number of aryl methyl sites for hydroxylation is 1. The van der Waals surface area contributed by atoms with Gasteiger partial charge in [-0.25, -0.2) is 9.59 Å². The molecule has 0 heterocycles. The third-order valence-electron chi connectivity index (χ3n) is 3.64. The molecule has 0 radical (unpaired) electrons. The highest BCUT2D eigenvalue weighted by molar-refractivity contribution is 6.31. The number of carbonyl (C=O) groups is 2. The first-order valence-electron chi connectivity index (χ1n) is 6.41. The summed E-state index contributed by atoms with van der Waals surface area (Å²) in [5, 5.41) is 15.0. The van der Waals surface area contributed by atoms with Crippen LogP contribution in [0.5, 0.6) is 0 Å². The number of rotatable bonds is 4. The van der Waals surface area contributed by atoms with Crippen molar-refractivity contribution in [3.8, 4) is 0 Å². The number of carboxylic acid groups (broad SMARTS) is 1. The minimum Gasteiger partial charge on any atom is -0.480 e. The molecular formula is C14H17ClN2O3. The second-order valence-corrected chi connectivity index (χ2v) is 5.73. The average molecular weight is 297 g/mol. The van der Waals surface area contributed by atoms with Crippen LogP contribution in [0.1, 0.15) is 25.3 Å². The van der Waals surface area contributed by atoms with Crippen LogP contribution in [0, 0.1) is 12.8 Å². The molecule has 5 nitrogen and oxygen atoms in total. The van der Waals surface area contributed by atoms with Crippen molar-refractivity contribution in [2.45, 2.75) is 32.2 Å². The zero-order valence-corrected chi connectivity index (χ0v) is 12.1. The highest BCUT2D eigenvalue weighted by atomic mass is 35.5. The number of hydrogen-bond donors (Lipinski definition) is 3. The molecule has 1 atom stereocenters. The fraction of sp³-hybridized carbons (Fsp3) is 0.429. The van der Waals surface area contributed by atoms with Crippen molar-refractivity contribution in [1.82, 2.24) is 5.32 Å². The summed E-state index contributed by atoms with van der Waals surface area (Å²) in [6, 6.07) is 4.60. The van der Waals surface area contributed by atoms with Gasteiger partial charge in [-0.05, 0) is 50.3 Å². The van der Waals surface area contributed by atoms with E-state index in [9.17, 15) is 14.7 Å². The Morgan fingerprint density at radius 2 is 2.05 bits per heavy atom. The Morgan fingerprint density at radius 1 is 1.40 bits per heavy atom. The Morgan fingerprint density at radius 3 is 2.55 bits per heavy atom. The summed E-state index contributed by atoms with van der Waals surface area (Å²) >= 11 is 5.98. The molecule has 2 rings (SSSR count). The number of halogens is 1. The van der Waals surface area contributed by atoms with Crippen LogP contribution in [-0.2, 0) is 4.79 Å². The van der Waals surface area contributed by atoms with Gasteiger partial charge < -0.3 is 15.7 Å². The van der Waals surface area contributed by atoms with E-state index in [4.69, 9.17) is 11.6 Å². The third-order valence-corrected chi connectivity index (χ3v) is 4.05. The fourth-order valence-corrected chi connectivity index (χ4v) is 2.24. The Bertz CT molecular complexity index is 557. The van der Waals surface area contributed by atoms with Gasteiger partial charge in [0, 0.05) is 10.7 Å². The van der Waals surface area contributed by atoms with Crippen LogP contribution >= 0.6 is 11.6 Å². The summed E-state index contributed by atoms with van der Waals surface area (Å²) in [5.74, 6) is -1.02. The number of amides is 2. The normalized spacial score (nSPS) is 17.1. The monoisotopic (exact) mass is 296 g/mol. The van der Waals surface area contributed by atoms with E-state index >= 15 is 0 Å². The van der Waals surface area contributed by atoms with E-state index in [1.807, 2.05) is 6.92 Å². The lowest BCUT2D eigenvalue weighted by atomic mass is 9.96. The highest BCUT2D eigenvalue weighted by Gasteiger charge is 2.48. The van der Waals surface area contributed by atoms with E-state index in [0.29, 0.717) is 10.7 Å². The third kappa shape index (κ3) is 3.04. The molecule has 108 valence electrons. The summed E-state index contributed by atoms with van der Waals surface area (Å²) in [7, 11) is 0. The van der Waals surface area contributed by atoms with E-state index in [1.54, 1.807) is 18.2 Å². The molecule has 6 heteroatoms. The topological polar surface area (TPSA) is 78.4 Å². The van der Waals surface area contributed by atoms with Crippen LogP contribution in [0.4, 0.5) is 10.5 Å². The molecule has 3 N–H and O–H groups in total. The van der Waals surface area contributed by atoms with Crippen molar-refractivity contribution in [2.24, 2.45) is 5.92 Å². The van der Waals surface area contributed by atoms with Crippen LogP contribution in [0.2, 0.25) is 5.02 Å². The van der Waals surface area contributed by atoms with Gasteiger partial charge in [0.2, 0.25) is 0 Å². The molecule has 0 aromatic heterocycles. The lowest BCUT2D eigenvalue weighted by molar-refractivity contribution is -0.144. The minimum absolute atomic E-state index is 0.00708. The van der Waals surface area contributed by atoms with E-state index in [0.717, 1.165) is 18.4 Å². The number of benzene rings is 1. The number of nitrogens with one attached hydrogen (secondary N) is 2. The molecule has 1 fully saturated rings. The molecule has 1 aliphatic rings. The minimum atomic E-state index is -1.22. The lowest BCUT2D eigenvalue weighted by Gasteiger charge is -2.26. The summed E-state index contributed by atoms with van der Waals surface area (Å²) < 4.78 is 0. The quantitative estimate of drug-likeness (QED) is 0.799. The molecule has 2 amide bonds. The lowest BCUT2D eigenvalue weighted by Crippen LogP contribution is -2.55. The molecule has 0 saturated heterocycles. The standard InChI is InChI=1S/C14H17ClN2O3/c1-8-3-6-10(7-11(8)15)16-13(20)17-14(2,12(18)19)9-4-5-9/h3,6-7,9H,4-5H2,1-2H3,(H,18,19)(H2,16,17,20). The van der Waals surface area contributed by atoms with Crippen LogP contribution in [0.15, 0.2) is 18.2 Å². The van der Waals surface area contributed by atoms with Gasteiger partial charge in [0.25, 0.3) is 0 Å². The average Bonchev–Trinajstić information content (AvgIpc) is 3.17. The van der Waals surface area contributed by atoms with Gasteiger partial charge in [-0.2, -0.15) is 0 Å². The van der Waals surface area contributed by atoms with Gasteiger partial charge in [-0.3, -0.25) is 0 Å². The first-order chi connectivity index (χ1) is 9.33. The van der Waals surface area contributed by atoms with Crippen LogP contribution in [0.3, 0.4) is 0 Å². The predicted molar refractivity (Wildman–Crippen MR) is 77.1 cm³/mol. The van der Waals surface area contributed by atoms with E-state index in [1.165, 1.54) is 6.92 Å². The summed E-state index contributed by atoms with van der Waals surface area (Å²) in [4.78, 5) is 23.3. The molecule has 1 aromatic carbocycles. The summed E-state index contributed by atoms with van der Waals surface area (Å²) in [6.45, 7) is 3.40. The summed E-state index contributed by atoms with van der Waals surface area (Å²) in [5.41, 5.74) is 0.214. The van der Waals surface area contributed by atoms with Crippen molar-refractivity contribution >= 4 is 29.3 Å². The van der Waals surface area contributed by atoms with Crippen molar-refractivity contribution in [3.05, 3.63) is 28.8 Å². The zero-order chi connectivity index (χ0) is 14.9. The van der Waals surface area contributed by atoms with Crippen molar-refractivity contribution in [3.63, 3.8) is 0 Å². The predicted octanol–water partition coefficient (Wildman–Crippen LogP) is 3.02. The Hall–Kier alpha value is -1.75. The van der Waals surface area contributed by atoms with Gasteiger partial charge in [-0.15, -0.1) is 0 Å². The Labute approximate surface area is 122 Å². The molecule has 0 aliphatic heterocycles. The van der Waals surface area contributed by atoms with Gasteiger partial charge in [0.05, 0.1) is 0 Å². The Balaban J connectivity index is 2.04. The number of urea groups is 1. The highest BCUT2D eigenvalue weighted by Crippen LogP contribution is 2.39. The van der Waals surface area contributed by atoms with E-state index < -0.39 is 17.5 Å². The van der Waals surface area contributed by atoms with Gasteiger partial charge in [0.15, 0.2) is 0 Å².